The van der Waals surface area contributed by atoms with Crippen molar-refractivity contribution in [3.05, 3.63) is 71.4 Å². The zero-order valence-corrected chi connectivity index (χ0v) is 42.7. The molecular formula is C48H81N3O16P2. The smallest absolute Gasteiger partial charge is 0.462 e. The monoisotopic (exact) mass is 1020 g/mol. The molecule has 0 bridgehead atoms. The van der Waals surface area contributed by atoms with Crippen LogP contribution in [0.15, 0.2) is 65.7 Å². The second kappa shape index (κ2) is 35.7. The zero-order chi connectivity index (χ0) is 50.9. The third kappa shape index (κ3) is 29.6. The molecule has 8 atom stereocenters. The number of anilines is 1. The molecule has 1 aliphatic rings. The lowest BCUT2D eigenvalue weighted by Gasteiger charge is -2.21. The highest BCUT2D eigenvalue weighted by atomic mass is 31.3. The molecule has 1 saturated heterocycles. The Morgan fingerprint density at radius 1 is 0.812 bits per heavy atom. The van der Waals surface area contributed by atoms with Gasteiger partial charge in [0.1, 0.15) is 30.7 Å². The van der Waals surface area contributed by atoms with Gasteiger partial charge in [-0.05, 0) is 56.9 Å². The number of esters is 2. The van der Waals surface area contributed by atoms with E-state index in [1.807, 2.05) is 30.4 Å². The fourth-order valence-electron chi connectivity index (χ4n) is 7.04. The van der Waals surface area contributed by atoms with Crippen molar-refractivity contribution in [2.75, 3.05) is 25.6 Å². The molecule has 1 fully saturated rings. The molecule has 7 N–H and O–H groups in total. The Morgan fingerprint density at radius 3 is 2.13 bits per heavy atom. The molecule has 0 saturated carbocycles. The summed E-state index contributed by atoms with van der Waals surface area (Å²) in [5, 5.41) is 31.0. The molecule has 19 nitrogen and oxygen atoms in total. The number of aromatic nitrogens is 2. The van der Waals surface area contributed by atoms with Crippen LogP contribution in [0.2, 0.25) is 0 Å². The first kappa shape index (κ1) is 61.8. The number of unbranched alkanes of at least 4 members (excludes halogenated alkanes) is 13. The van der Waals surface area contributed by atoms with Crippen LogP contribution in [0.3, 0.4) is 0 Å². The number of nitrogen functional groups attached to an aromatic ring is 1. The summed E-state index contributed by atoms with van der Waals surface area (Å²) in [6.07, 6.45) is 26.7. The minimum absolute atomic E-state index is 0.0580. The SMILES string of the molecule is CCCCC/C=C\C[C@H](O)/C=C/C=C\C/C=C\CCCC(=O)O[C@H](COC(=O)CCCCCCCCCCCCC(C)C)COP(=O)(O)OP(=O)(O)OC[C@H]1O[C@@H](n2ccc(N)nc2=O)[C@H](O)[C@@H]1O. The molecule has 2 heterocycles. The van der Waals surface area contributed by atoms with Gasteiger partial charge in [-0.1, -0.05) is 146 Å². The molecular weight excluding hydrogens is 936 g/mol. The van der Waals surface area contributed by atoms with Crippen LogP contribution < -0.4 is 11.4 Å². The van der Waals surface area contributed by atoms with E-state index in [1.165, 1.54) is 57.4 Å². The van der Waals surface area contributed by atoms with Gasteiger partial charge in [-0.2, -0.15) is 9.29 Å². The Hall–Kier alpha value is -3.32. The first-order valence-corrected chi connectivity index (χ1v) is 27.6. The number of carbonyl (C=O) groups is 2. The second-order valence-corrected chi connectivity index (χ2v) is 20.7. The number of carbonyl (C=O) groups excluding carboxylic acids is 2. The molecule has 0 aromatic carbocycles. The number of aliphatic hydroxyl groups excluding tert-OH is 3. The molecule has 2 unspecified atom stereocenters. The predicted molar refractivity (Wildman–Crippen MR) is 262 cm³/mol. The van der Waals surface area contributed by atoms with E-state index in [0.29, 0.717) is 32.1 Å². The van der Waals surface area contributed by atoms with E-state index >= 15 is 0 Å². The normalized spacial score (nSPS) is 20.3. The van der Waals surface area contributed by atoms with E-state index in [1.54, 1.807) is 12.2 Å². The molecule has 1 aliphatic heterocycles. The quantitative estimate of drug-likeness (QED) is 0.0118. The number of aliphatic hydroxyl groups is 3. The van der Waals surface area contributed by atoms with Gasteiger partial charge in [0.05, 0.1) is 19.3 Å². The molecule has 394 valence electrons. The fraction of sp³-hybridized carbons (Fsp3) is 0.708. The average Bonchev–Trinajstić information content (AvgIpc) is 3.57. The Balaban J connectivity index is 1.86. The van der Waals surface area contributed by atoms with Crippen LogP contribution >= 0.6 is 15.6 Å². The Labute approximate surface area is 408 Å². The maximum Gasteiger partial charge on any atom is 0.481 e. The van der Waals surface area contributed by atoms with Gasteiger partial charge in [0.25, 0.3) is 0 Å². The maximum atomic E-state index is 12.8. The number of phosphoric acid groups is 2. The lowest BCUT2D eigenvalue weighted by atomic mass is 10.0. The first-order valence-electron chi connectivity index (χ1n) is 24.6. The number of hydrogen-bond donors (Lipinski definition) is 6. The van der Waals surface area contributed by atoms with Gasteiger partial charge in [0, 0.05) is 19.0 Å². The van der Waals surface area contributed by atoms with Crippen LogP contribution in [0.1, 0.15) is 162 Å². The predicted octanol–water partition coefficient (Wildman–Crippen LogP) is 8.60. The lowest BCUT2D eigenvalue weighted by molar-refractivity contribution is -0.161. The van der Waals surface area contributed by atoms with Gasteiger partial charge in [-0.15, -0.1) is 0 Å². The molecule has 69 heavy (non-hydrogen) atoms. The molecule has 2 rings (SSSR count). The van der Waals surface area contributed by atoms with Gasteiger partial charge in [-0.3, -0.25) is 23.2 Å². The van der Waals surface area contributed by atoms with Crippen molar-refractivity contribution in [2.24, 2.45) is 5.92 Å². The van der Waals surface area contributed by atoms with Crippen LogP contribution in [-0.4, -0.2) is 96.9 Å². The standard InChI is InChI=1S/C48H81N3O16P2/c1-4-5-6-7-19-24-29-39(52)30-25-20-15-12-13-17-22-27-32-44(54)65-40(35-62-43(53)31-26-21-16-11-9-8-10-14-18-23-28-38(2)3)36-63-68(58,59)67-69(60,61)64-37-41-45(55)46(56)47(66-41)51-34-33-42(49)50-48(51)57/h13,15,17,19-20,24-25,30,33-34,38-41,45-47,52,55-56H,4-12,14,16,18,21-23,26-29,31-32,35-37H2,1-3H3,(H,58,59)(H,60,61)(H2,49,50,57)/b17-13-,20-15-,24-19-,30-25+/t39-,40+,41+,45+,46+,47+/m0/s1. The van der Waals surface area contributed by atoms with Crippen LogP contribution in [0.25, 0.3) is 0 Å². The van der Waals surface area contributed by atoms with Crippen molar-refractivity contribution >= 4 is 33.4 Å². The highest BCUT2D eigenvalue weighted by Gasteiger charge is 2.46. The molecule has 0 aliphatic carbocycles. The highest BCUT2D eigenvalue weighted by Crippen LogP contribution is 2.60. The summed E-state index contributed by atoms with van der Waals surface area (Å²) in [5.41, 5.74) is 4.57. The number of rotatable bonds is 39. The topological polar surface area (TPSA) is 286 Å². The van der Waals surface area contributed by atoms with E-state index in [-0.39, 0.29) is 18.7 Å². The maximum absolute atomic E-state index is 12.8. The van der Waals surface area contributed by atoms with E-state index in [4.69, 9.17) is 29.0 Å². The number of allylic oxidation sites excluding steroid dienone is 6. The summed E-state index contributed by atoms with van der Waals surface area (Å²) in [6.45, 7) is 4.26. The van der Waals surface area contributed by atoms with Crippen molar-refractivity contribution in [2.45, 2.75) is 192 Å². The Bertz CT molecular complexity index is 1870. The number of nitrogens with zero attached hydrogens (tertiary/aromatic N) is 2. The minimum atomic E-state index is -5.45. The van der Waals surface area contributed by atoms with Gasteiger partial charge in [0.15, 0.2) is 12.3 Å². The van der Waals surface area contributed by atoms with Crippen LogP contribution in [0.5, 0.6) is 0 Å². The van der Waals surface area contributed by atoms with E-state index in [2.05, 4.69) is 36.1 Å². The highest BCUT2D eigenvalue weighted by molar-refractivity contribution is 7.61. The number of nitrogens with two attached hydrogens (primary N) is 1. The molecule has 1 aromatic rings. The van der Waals surface area contributed by atoms with Crippen molar-refractivity contribution in [1.29, 1.82) is 0 Å². The van der Waals surface area contributed by atoms with Crippen LogP contribution in [-0.2, 0) is 46.3 Å². The molecule has 0 radical (unpaired) electrons. The minimum Gasteiger partial charge on any atom is -0.462 e. The number of hydrogen-bond acceptors (Lipinski definition) is 16. The van der Waals surface area contributed by atoms with Crippen LogP contribution in [0.4, 0.5) is 5.82 Å². The van der Waals surface area contributed by atoms with E-state index < -0.39 is 89.8 Å². The summed E-state index contributed by atoms with van der Waals surface area (Å²) in [7, 11) is -10.9. The third-order valence-corrected chi connectivity index (χ3v) is 13.5. The molecule has 21 heteroatoms. The van der Waals surface area contributed by atoms with Crippen molar-refractivity contribution < 1.29 is 71.4 Å². The van der Waals surface area contributed by atoms with Gasteiger partial charge < -0.3 is 45.1 Å². The third-order valence-electron chi connectivity index (χ3n) is 10.9. The van der Waals surface area contributed by atoms with Crippen LogP contribution in [0, 0.1) is 5.92 Å². The largest absolute Gasteiger partial charge is 0.481 e. The Morgan fingerprint density at radius 2 is 1.45 bits per heavy atom. The van der Waals surface area contributed by atoms with Crippen molar-refractivity contribution in [3.8, 4) is 0 Å². The summed E-state index contributed by atoms with van der Waals surface area (Å²) in [6, 6.07) is 1.24. The Kier molecular flexibility index (Phi) is 32.0. The van der Waals surface area contributed by atoms with Crippen molar-refractivity contribution in [1.82, 2.24) is 9.55 Å². The van der Waals surface area contributed by atoms with Gasteiger partial charge >= 0.3 is 33.3 Å². The first-order chi connectivity index (χ1) is 32.9. The second-order valence-electron chi connectivity index (χ2n) is 17.6. The molecule has 1 aromatic heterocycles. The molecule has 0 spiro atoms. The fourth-order valence-corrected chi connectivity index (χ4v) is 9.15. The van der Waals surface area contributed by atoms with Gasteiger partial charge in [0.2, 0.25) is 0 Å². The lowest BCUT2D eigenvalue weighted by Crippen LogP contribution is -2.36. The zero-order valence-electron chi connectivity index (χ0n) is 40.9. The summed E-state index contributed by atoms with van der Waals surface area (Å²) >= 11 is 0. The number of phosphoric ester groups is 2. The summed E-state index contributed by atoms with van der Waals surface area (Å²) in [5.74, 6) is -0.663. The average molecular weight is 1020 g/mol. The molecule has 0 amide bonds. The van der Waals surface area contributed by atoms with Gasteiger partial charge in [-0.25, -0.2) is 13.9 Å². The van der Waals surface area contributed by atoms with E-state index in [0.717, 1.165) is 55.2 Å². The van der Waals surface area contributed by atoms with E-state index in [9.17, 15) is 48.6 Å². The van der Waals surface area contributed by atoms with Crippen molar-refractivity contribution in [3.63, 3.8) is 0 Å². The summed E-state index contributed by atoms with van der Waals surface area (Å²) < 4.78 is 56.6. The summed E-state index contributed by atoms with van der Waals surface area (Å²) in [4.78, 5) is 61.8. The number of ether oxygens (including phenoxy) is 3.